The molecule has 1 fully saturated rings. The number of nitrogens with one attached hydrogen (secondary N) is 1. The molecule has 0 radical (unpaired) electrons. The first-order chi connectivity index (χ1) is 15.0. The van der Waals surface area contributed by atoms with E-state index in [1.165, 1.54) is 12.8 Å². The van der Waals surface area contributed by atoms with Crippen molar-refractivity contribution in [2.75, 3.05) is 45.2 Å². The van der Waals surface area contributed by atoms with Crippen molar-refractivity contribution in [1.82, 2.24) is 14.8 Å². The highest BCUT2D eigenvalue weighted by molar-refractivity contribution is 6.01. The molecular formula is C24H26N4O3. The molecule has 7 heteroatoms. The molecule has 0 saturated carbocycles. The number of amides is 1. The fourth-order valence-corrected chi connectivity index (χ4v) is 4.47. The van der Waals surface area contributed by atoms with Gasteiger partial charge in [-0.3, -0.25) is 9.59 Å². The first-order valence-electron chi connectivity index (χ1n) is 10.7. The van der Waals surface area contributed by atoms with Crippen LogP contribution >= 0.6 is 0 Å². The molecule has 0 spiro atoms. The fraction of sp³-hybridized carbons (Fsp3) is 0.333. The number of carbonyl (C=O) groups is 1. The van der Waals surface area contributed by atoms with E-state index >= 15 is 0 Å². The number of ether oxygens (including phenoxy) is 1. The minimum Gasteiger partial charge on any atom is -0.451 e. The zero-order chi connectivity index (χ0) is 21.5. The zero-order valence-corrected chi connectivity index (χ0v) is 17.9. The molecule has 0 atom stereocenters. The third-order valence-electron chi connectivity index (χ3n) is 6.07. The van der Waals surface area contributed by atoms with E-state index in [0.717, 1.165) is 31.0 Å². The van der Waals surface area contributed by atoms with Crippen LogP contribution in [-0.2, 0) is 0 Å². The maximum atomic E-state index is 13.3. The van der Waals surface area contributed by atoms with Gasteiger partial charge in [0.2, 0.25) is 5.43 Å². The SMILES string of the molecule is CN(C)c1ccc2c(=O)c(C(=O)NCCN3CCCC3)cn3c2c1Oc1ccccc1-3. The van der Waals surface area contributed by atoms with E-state index in [9.17, 15) is 9.59 Å². The number of carbonyl (C=O) groups excluding carboxylic acids is 1. The molecule has 2 aliphatic rings. The average Bonchev–Trinajstić information content (AvgIpc) is 3.28. The van der Waals surface area contributed by atoms with Crippen LogP contribution in [0, 0.1) is 0 Å². The molecule has 2 aromatic carbocycles. The van der Waals surface area contributed by atoms with Crippen molar-refractivity contribution in [3.63, 3.8) is 0 Å². The molecule has 1 amide bonds. The van der Waals surface area contributed by atoms with Gasteiger partial charge in [-0.1, -0.05) is 12.1 Å². The molecule has 160 valence electrons. The first kappa shape index (κ1) is 19.6. The molecular weight excluding hydrogens is 392 g/mol. The van der Waals surface area contributed by atoms with Crippen molar-refractivity contribution in [3.05, 3.63) is 58.4 Å². The Balaban J connectivity index is 1.59. The summed E-state index contributed by atoms with van der Waals surface area (Å²) in [7, 11) is 3.87. The lowest BCUT2D eigenvalue weighted by Gasteiger charge is -2.27. The highest BCUT2D eigenvalue weighted by Crippen LogP contribution is 2.44. The Bertz CT molecular complexity index is 1230. The summed E-state index contributed by atoms with van der Waals surface area (Å²) in [5.74, 6) is 0.978. The lowest BCUT2D eigenvalue weighted by Crippen LogP contribution is -2.36. The fourth-order valence-electron chi connectivity index (χ4n) is 4.47. The first-order valence-corrected chi connectivity index (χ1v) is 10.7. The van der Waals surface area contributed by atoms with E-state index in [1.54, 1.807) is 12.3 Å². The van der Waals surface area contributed by atoms with E-state index in [0.29, 0.717) is 28.9 Å². The third-order valence-corrected chi connectivity index (χ3v) is 6.07. The molecule has 1 saturated heterocycles. The zero-order valence-electron chi connectivity index (χ0n) is 17.9. The number of rotatable bonds is 5. The van der Waals surface area contributed by atoms with Crippen molar-refractivity contribution >= 4 is 22.5 Å². The lowest BCUT2D eigenvalue weighted by atomic mass is 10.1. The minimum absolute atomic E-state index is 0.147. The quantitative estimate of drug-likeness (QED) is 0.540. The van der Waals surface area contributed by atoms with Gasteiger partial charge in [0, 0.05) is 33.4 Å². The maximum Gasteiger partial charge on any atom is 0.256 e. The highest BCUT2D eigenvalue weighted by atomic mass is 16.5. The molecule has 1 aromatic heterocycles. The van der Waals surface area contributed by atoms with Gasteiger partial charge in [0.1, 0.15) is 11.1 Å². The summed E-state index contributed by atoms with van der Waals surface area (Å²) in [4.78, 5) is 30.5. The second-order valence-electron chi connectivity index (χ2n) is 8.32. The molecule has 3 aromatic rings. The number of pyridine rings is 1. The number of anilines is 1. The van der Waals surface area contributed by atoms with E-state index in [4.69, 9.17) is 4.74 Å². The van der Waals surface area contributed by atoms with Gasteiger partial charge in [0.15, 0.2) is 11.5 Å². The number of para-hydroxylation sites is 2. The molecule has 5 rings (SSSR count). The molecule has 31 heavy (non-hydrogen) atoms. The topological polar surface area (TPSA) is 66.8 Å². The predicted octanol–water partition coefficient (Wildman–Crippen LogP) is 2.99. The lowest BCUT2D eigenvalue weighted by molar-refractivity contribution is 0.0948. The van der Waals surface area contributed by atoms with Crippen LogP contribution in [0.25, 0.3) is 16.6 Å². The Morgan fingerprint density at radius 1 is 1.13 bits per heavy atom. The van der Waals surface area contributed by atoms with Gasteiger partial charge in [0.25, 0.3) is 5.91 Å². The van der Waals surface area contributed by atoms with Gasteiger partial charge in [0.05, 0.1) is 16.8 Å². The van der Waals surface area contributed by atoms with Crippen LogP contribution in [0.2, 0.25) is 0 Å². The molecule has 1 N–H and O–H groups in total. The van der Waals surface area contributed by atoms with Crippen LogP contribution in [-0.4, -0.2) is 55.6 Å². The van der Waals surface area contributed by atoms with Gasteiger partial charge in [-0.05, 0) is 50.2 Å². The van der Waals surface area contributed by atoms with E-state index in [-0.39, 0.29) is 16.9 Å². The summed E-state index contributed by atoms with van der Waals surface area (Å²) < 4.78 is 8.12. The normalized spacial score (nSPS) is 14.9. The molecule has 3 heterocycles. The van der Waals surface area contributed by atoms with Crippen LogP contribution in [0.4, 0.5) is 5.69 Å². The Labute approximate surface area is 180 Å². The Kier molecular flexibility index (Phi) is 4.90. The molecule has 0 unspecified atom stereocenters. The smallest absolute Gasteiger partial charge is 0.256 e. The van der Waals surface area contributed by atoms with Crippen molar-refractivity contribution < 1.29 is 9.53 Å². The average molecular weight is 418 g/mol. The van der Waals surface area contributed by atoms with Crippen molar-refractivity contribution in [3.8, 4) is 17.2 Å². The monoisotopic (exact) mass is 418 g/mol. The highest BCUT2D eigenvalue weighted by Gasteiger charge is 2.26. The van der Waals surface area contributed by atoms with Gasteiger partial charge >= 0.3 is 0 Å². The number of likely N-dealkylation sites (tertiary alicyclic amines) is 1. The number of hydrogen-bond acceptors (Lipinski definition) is 5. The number of benzene rings is 2. The standard InChI is InChI=1S/C24H26N4O3/c1-26(2)19-10-9-16-21-23(19)31-20-8-4-3-7-18(20)28(21)15-17(22(16)29)24(30)25-11-14-27-12-5-6-13-27/h3-4,7-10,15H,5-6,11-14H2,1-2H3,(H,25,30). The second kappa shape index (κ2) is 7.74. The van der Waals surface area contributed by atoms with Crippen molar-refractivity contribution in [2.45, 2.75) is 12.8 Å². The number of fused-ring (bicyclic) bond motifs is 2. The molecule has 7 nitrogen and oxygen atoms in total. The van der Waals surface area contributed by atoms with Crippen LogP contribution in [0.3, 0.4) is 0 Å². The molecule has 0 aliphatic carbocycles. The summed E-state index contributed by atoms with van der Waals surface area (Å²) in [5, 5.41) is 3.41. The summed E-state index contributed by atoms with van der Waals surface area (Å²) in [6.07, 6.45) is 4.07. The Hall–Kier alpha value is -3.32. The molecule has 2 aliphatic heterocycles. The number of nitrogens with zero attached hydrogens (tertiary/aromatic N) is 3. The number of hydrogen-bond donors (Lipinski definition) is 1. The van der Waals surface area contributed by atoms with E-state index < -0.39 is 0 Å². The second-order valence-corrected chi connectivity index (χ2v) is 8.32. The van der Waals surface area contributed by atoms with Gasteiger partial charge in [-0.15, -0.1) is 0 Å². The van der Waals surface area contributed by atoms with Crippen LogP contribution in [0.15, 0.2) is 47.4 Å². The van der Waals surface area contributed by atoms with E-state index in [2.05, 4.69) is 10.2 Å². The largest absolute Gasteiger partial charge is 0.451 e. The summed E-state index contributed by atoms with van der Waals surface area (Å²) >= 11 is 0. The number of aromatic nitrogens is 1. The van der Waals surface area contributed by atoms with Crippen LogP contribution in [0.5, 0.6) is 11.5 Å². The summed E-state index contributed by atoms with van der Waals surface area (Å²) in [5.41, 5.74) is 2.23. The van der Waals surface area contributed by atoms with Crippen LogP contribution < -0.4 is 20.4 Å². The molecule has 0 bridgehead atoms. The van der Waals surface area contributed by atoms with Crippen molar-refractivity contribution in [1.29, 1.82) is 0 Å². The van der Waals surface area contributed by atoms with Crippen molar-refractivity contribution in [2.24, 2.45) is 0 Å². The predicted molar refractivity (Wildman–Crippen MR) is 122 cm³/mol. The summed E-state index contributed by atoms with van der Waals surface area (Å²) in [6, 6.07) is 11.3. The van der Waals surface area contributed by atoms with Gasteiger partial charge in [-0.25, -0.2) is 0 Å². The minimum atomic E-state index is -0.336. The maximum absolute atomic E-state index is 13.3. The Morgan fingerprint density at radius 2 is 1.90 bits per heavy atom. The summed E-state index contributed by atoms with van der Waals surface area (Å²) in [6.45, 7) is 3.49. The van der Waals surface area contributed by atoms with Gasteiger partial charge < -0.3 is 24.4 Å². The van der Waals surface area contributed by atoms with Crippen LogP contribution in [0.1, 0.15) is 23.2 Å². The third kappa shape index (κ3) is 3.35. The van der Waals surface area contributed by atoms with Gasteiger partial charge in [-0.2, -0.15) is 0 Å². The Morgan fingerprint density at radius 3 is 2.68 bits per heavy atom. The van der Waals surface area contributed by atoms with E-state index in [1.807, 2.05) is 53.9 Å².